The van der Waals surface area contributed by atoms with E-state index in [1.54, 1.807) is 6.07 Å². The van der Waals surface area contributed by atoms with Crippen LogP contribution in [0.1, 0.15) is 39.2 Å². The Kier molecular flexibility index (Phi) is 5.71. The summed E-state index contributed by atoms with van der Waals surface area (Å²) in [7, 11) is 0. The second-order valence-electron chi connectivity index (χ2n) is 6.16. The predicted octanol–water partition coefficient (Wildman–Crippen LogP) is 3.56. The van der Waals surface area contributed by atoms with E-state index >= 15 is 0 Å². The number of benzene rings is 1. The quantitative estimate of drug-likeness (QED) is 0.893. The summed E-state index contributed by atoms with van der Waals surface area (Å²) in [5.74, 6) is -0.435. The van der Waals surface area contributed by atoms with E-state index in [2.05, 4.69) is 31.0 Å². The zero-order valence-corrected chi connectivity index (χ0v) is 13.2. The summed E-state index contributed by atoms with van der Waals surface area (Å²) in [5.41, 5.74) is 0.579. The average Bonchev–Trinajstić information content (AvgIpc) is 2.45. The van der Waals surface area contributed by atoms with Crippen molar-refractivity contribution >= 4 is 0 Å². The van der Waals surface area contributed by atoms with Gasteiger partial charge >= 0.3 is 0 Å². The van der Waals surface area contributed by atoms with E-state index in [-0.39, 0.29) is 0 Å². The molecule has 1 fully saturated rings. The zero-order chi connectivity index (χ0) is 15.4. The molecule has 118 valence electrons. The van der Waals surface area contributed by atoms with Crippen molar-refractivity contribution in [2.24, 2.45) is 5.92 Å². The first-order chi connectivity index (χ1) is 10.0. The lowest BCUT2D eigenvalue weighted by Gasteiger charge is -2.43. The van der Waals surface area contributed by atoms with Gasteiger partial charge in [-0.05, 0) is 38.3 Å². The van der Waals surface area contributed by atoms with E-state index in [9.17, 15) is 8.78 Å². The van der Waals surface area contributed by atoms with Crippen LogP contribution in [0, 0.1) is 17.6 Å². The van der Waals surface area contributed by atoms with Gasteiger partial charge in [-0.15, -0.1) is 0 Å². The minimum absolute atomic E-state index is 0.387. The fourth-order valence-electron chi connectivity index (χ4n) is 3.15. The van der Waals surface area contributed by atoms with Crippen molar-refractivity contribution in [1.29, 1.82) is 0 Å². The van der Waals surface area contributed by atoms with Crippen LogP contribution >= 0.6 is 0 Å². The molecular formula is C17H26F2N2. The van der Waals surface area contributed by atoms with E-state index in [0.29, 0.717) is 30.1 Å². The monoisotopic (exact) mass is 296 g/mol. The van der Waals surface area contributed by atoms with E-state index in [1.165, 1.54) is 6.07 Å². The highest BCUT2D eigenvalue weighted by atomic mass is 19.1. The maximum absolute atomic E-state index is 13.8. The lowest BCUT2D eigenvalue weighted by Crippen LogP contribution is -2.53. The Hall–Kier alpha value is -1.00. The number of nitrogens with one attached hydrogen (secondary N) is 1. The van der Waals surface area contributed by atoms with Gasteiger partial charge in [0.1, 0.15) is 11.6 Å². The van der Waals surface area contributed by atoms with Gasteiger partial charge in [-0.2, -0.15) is 0 Å². The van der Waals surface area contributed by atoms with Crippen LogP contribution in [0.25, 0.3) is 0 Å². The number of rotatable bonds is 5. The van der Waals surface area contributed by atoms with Gasteiger partial charge in [-0.1, -0.05) is 19.9 Å². The highest BCUT2D eigenvalue weighted by molar-refractivity contribution is 5.18. The van der Waals surface area contributed by atoms with E-state index in [1.807, 2.05) is 0 Å². The fourth-order valence-corrected chi connectivity index (χ4v) is 3.15. The Morgan fingerprint density at radius 1 is 1.29 bits per heavy atom. The normalized spacial score (nSPS) is 27.0. The van der Waals surface area contributed by atoms with Gasteiger partial charge < -0.3 is 5.32 Å². The van der Waals surface area contributed by atoms with Crippen molar-refractivity contribution in [3.63, 3.8) is 0 Å². The van der Waals surface area contributed by atoms with Crippen LogP contribution in [0.3, 0.4) is 0 Å². The molecule has 1 aromatic rings. The molecule has 0 radical (unpaired) electrons. The van der Waals surface area contributed by atoms with Gasteiger partial charge in [0.05, 0.1) is 0 Å². The molecule has 2 nitrogen and oxygen atoms in total. The molecule has 0 aromatic heterocycles. The lowest BCUT2D eigenvalue weighted by molar-refractivity contribution is 0.0775. The molecule has 3 unspecified atom stereocenters. The SMILES string of the molecule is CCCNC1CCN(Cc2ccc(F)cc2F)C(C)C1C. The molecule has 4 heteroatoms. The Bertz CT molecular complexity index is 464. The molecule has 1 saturated heterocycles. The molecule has 1 aliphatic rings. The van der Waals surface area contributed by atoms with Crippen LogP contribution < -0.4 is 5.32 Å². The van der Waals surface area contributed by atoms with Crippen molar-refractivity contribution in [2.75, 3.05) is 13.1 Å². The van der Waals surface area contributed by atoms with Crippen LogP contribution in [0.15, 0.2) is 18.2 Å². The average molecular weight is 296 g/mol. The third kappa shape index (κ3) is 4.01. The first-order valence-corrected chi connectivity index (χ1v) is 7.94. The maximum Gasteiger partial charge on any atom is 0.130 e. The molecule has 1 aliphatic heterocycles. The van der Waals surface area contributed by atoms with Gasteiger partial charge in [-0.3, -0.25) is 4.90 Å². The molecule has 0 spiro atoms. The van der Waals surface area contributed by atoms with Crippen LogP contribution in [-0.4, -0.2) is 30.1 Å². The summed E-state index contributed by atoms with van der Waals surface area (Å²) >= 11 is 0. The molecule has 1 heterocycles. The van der Waals surface area contributed by atoms with E-state index < -0.39 is 11.6 Å². The number of hydrogen-bond acceptors (Lipinski definition) is 2. The smallest absolute Gasteiger partial charge is 0.130 e. The molecule has 21 heavy (non-hydrogen) atoms. The standard InChI is InChI=1S/C17H26F2N2/c1-4-8-20-17-7-9-21(13(3)12(17)2)11-14-5-6-15(18)10-16(14)19/h5-6,10,12-13,17,20H,4,7-9,11H2,1-3H3. The van der Waals surface area contributed by atoms with Gasteiger partial charge in [0.25, 0.3) is 0 Å². The van der Waals surface area contributed by atoms with Crippen molar-refractivity contribution in [3.8, 4) is 0 Å². The highest BCUT2D eigenvalue weighted by Gasteiger charge is 2.32. The lowest BCUT2D eigenvalue weighted by atomic mass is 9.86. The molecule has 3 atom stereocenters. The van der Waals surface area contributed by atoms with Gasteiger partial charge in [0.2, 0.25) is 0 Å². The van der Waals surface area contributed by atoms with Crippen molar-refractivity contribution < 1.29 is 8.78 Å². The first-order valence-electron chi connectivity index (χ1n) is 7.94. The van der Waals surface area contributed by atoms with Gasteiger partial charge in [0.15, 0.2) is 0 Å². The molecule has 2 rings (SSSR count). The predicted molar refractivity (Wildman–Crippen MR) is 82.1 cm³/mol. The Morgan fingerprint density at radius 2 is 2.05 bits per heavy atom. The van der Waals surface area contributed by atoms with Crippen molar-refractivity contribution in [3.05, 3.63) is 35.4 Å². The second kappa shape index (κ2) is 7.32. The van der Waals surface area contributed by atoms with Crippen LogP contribution in [0.4, 0.5) is 8.78 Å². The Balaban J connectivity index is 1.99. The van der Waals surface area contributed by atoms with Gasteiger partial charge in [-0.25, -0.2) is 8.78 Å². The minimum Gasteiger partial charge on any atom is -0.314 e. The van der Waals surface area contributed by atoms with Crippen molar-refractivity contribution in [2.45, 2.75) is 52.2 Å². The second-order valence-corrected chi connectivity index (χ2v) is 6.16. The van der Waals surface area contributed by atoms with Crippen molar-refractivity contribution in [1.82, 2.24) is 10.2 Å². The number of likely N-dealkylation sites (tertiary alicyclic amines) is 1. The zero-order valence-electron chi connectivity index (χ0n) is 13.2. The van der Waals surface area contributed by atoms with E-state index in [0.717, 1.165) is 32.0 Å². The van der Waals surface area contributed by atoms with Crippen LogP contribution in [0.5, 0.6) is 0 Å². The summed E-state index contributed by atoms with van der Waals surface area (Å²) in [5, 5.41) is 3.60. The van der Waals surface area contributed by atoms with Crippen LogP contribution in [0.2, 0.25) is 0 Å². The first kappa shape index (κ1) is 16.4. The number of piperidine rings is 1. The topological polar surface area (TPSA) is 15.3 Å². The minimum atomic E-state index is -0.514. The summed E-state index contributed by atoms with van der Waals surface area (Å²) in [6.45, 7) is 9.18. The summed E-state index contributed by atoms with van der Waals surface area (Å²) in [6, 6.07) is 4.79. The largest absolute Gasteiger partial charge is 0.314 e. The molecule has 0 aliphatic carbocycles. The molecule has 0 saturated carbocycles. The third-order valence-corrected chi connectivity index (χ3v) is 4.74. The summed E-state index contributed by atoms with van der Waals surface area (Å²) in [6.07, 6.45) is 2.22. The molecule has 1 aromatic carbocycles. The molecule has 1 N–H and O–H groups in total. The van der Waals surface area contributed by atoms with Gasteiger partial charge in [0, 0.05) is 36.8 Å². The summed E-state index contributed by atoms with van der Waals surface area (Å²) < 4.78 is 26.8. The van der Waals surface area contributed by atoms with E-state index in [4.69, 9.17) is 0 Å². The molecule has 0 bridgehead atoms. The summed E-state index contributed by atoms with van der Waals surface area (Å²) in [4.78, 5) is 2.30. The number of nitrogens with zero attached hydrogens (tertiary/aromatic N) is 1. The molecule has 0 amide bonds. The molecular weight excluding hydrogens is 270 g/mol. The highest BCUT2D eigenvalue weighted by Crippen LogP contribution is 2.26. The Morgan fingerprint density at radius 3 is 2.71 bits per heavy atom. The third-order valence-electron chi connectivity index (χ3n) is 4.74. The number of hydrogen-bond donors (Lipinski definition) is 1. The fraction of sp³-hybridized carbons (Fsp3) is 0.647. The Labute approximate surface area is 126 Å². The van der Waals surface area contributed by atoms with Crippen LogP contribution in [-0.2, 0) is 6.54 Å². The maximum atomic E-state index is 13.8. The number of halogens is 2.